The largest absolute Gasteiger partial charge is 0.392 e. The van der Waals surface area contributed by atoms with E-state index in [2.05, 4.69) is 0 Å². The summed E-state index contributed by atoms with van der Waals surface area (Å²) in [5.74, 6) is 0. The van der Waals surface area contributed by atoms with E-state index in [0.29, 0.717) is 10.5 Å². The van der Waals surface area contributed by atoms with Crippen molar-refractivity contribution in [3.8, 4) is 0 Å². The molecular weight excluding hydrogens is 240 g/mol. The first-order valence-electron chi connectivity index (χ1n) is 6.45. The lowest BCUT2D eigenvalue weighted by molar-refractivity contribution is 0.136. The van der Waals surface area contributed by atoms with Crippen molar-refractivity contribution in [2.24, 2.45) is 0 Å². The number of rotatable bonds is 3. The third kappa shape index (κ3) is 3.56. The van der Waals surface area contributed by atoms with Crippen LogP contribution in [0.2, 0.25) is 0 Å². The summed E-state index contributed by atoms with van der Waals surface area (Å²) in [5, 5.41) is 20.5. The van der Waals surface area contributed by atoms with E-state index >= 15 is 0 Å². The minimum absolute atomic E-state index is 0.119. The molecule has 4 atom stereocenters. The number of hydrogen-bond acceptors (Lipinski definition) is 4. The lowest BCUT2D eigenvalue weighted by Gasteiger charge is -2.31. The van der Waals surface area contributed by atoms with E-state index in [9.17, 15) is 10.2 Å². The first kappa shape index (κ1) is 13.1. The molecule has 2 nitrogen and oxygen atoms in total. The van der Waals surface area contributed by atoms with Crippen LogP contribution in [0.4, 0.5) is 0 Å². The summed E-state index contributed by atoms with van der Waals surface area (Å²) in [6, 6.07) is 0. The fourth-order valence-corrected chi connectivity index (χ4v) is 6.06. The Bertz CT molecular complexity index is 191. The van der Waals surface area contributed by atoms with E-state index in [1.54, 1.807) is 0 Å². The highest BCUT2D eigenvalue weighted by Crippen LogP contribution is 2.42. The Morgan fingerprint density at radius 3 is 1.38 bits per heavy atom. The Hall–Kier alpha value is 0.620. The maximum Gasteiger partial charge on any atom is 0.0667 e. The van der Waals surface area contributed by atoms with Gasteiger partial charge in [-0.25, -0.2) is 0 Å². The summed E-state index contributed by atoms with van der Waals surface area (Å²) < 4.78 is 0. The van der Waals surface area contributed by atoms with Crippen molar-refractivity contribution >= 4 is 21.6 Å². The van der Waals surface area contributed by atoms with Crippen LogP contribution in [0.25, 0.3) is 0 Å². The SMILES string of the molecule is OC1CCCCC1SSC1CCCCC1O. The van der Waals surface area contributed by atoms with E-state index in [1.165, 1.54) is 25.7 Å². The predicted molar refractivity (Wildman–Crippen MR) is 71.7 cm³/mol. The van der Waals surface area contributed by atoms with Crippen molar-refractivity contribution in [1.82, 2.24) is 0 Å². The molecule has 94 valence electrons. The van der Waals surface area contributed by atoms with Crippen LogP contribution in [-0.4, -0.2) is 32.9 Å². The molecule has 0 saturated heterocycles. The average molecular weight is 262 g/mol. The molecule has 2 N–H and O–H groups in total. The Labute approximate surface area is 106 Å². The van der Waals surface area contributed by atoms with E-state index in [-0.39, 0.29) is 12.2 Å². The normalized spacial score (nSPS) is 40.9. The molecule has 0 spiro atoms. The van der Waals surface area contributed by atoms with Crippen LogP contribution in [0.15, 0.2) is 0 Å². The molecule has 2 saturated carbocycles. The highest BCUT2D eigenvalue weighted by Gasteiger charge is 2.28. The van der Waals surface area contributed by atoms with Gasteiger partial charge in [0.2, 0.25) is 0 Å². The molecule has 0 aromatic heterocycles. The average Bonchev–Trinajstić information content (AvgIpc) is 2.30. The molecule has 2 aliphatic rings. The minimum atomic E-state index is -0.119. The van der Waals surface area contributed by atoms with Gasteiger partial charge in [-0.05, 0) is 25.7 Å². The van der Waals surface area contributed by atoms with E-state index in [4.69, 9.17) is 0 Å². The van der Waals surface area contributed by atoms with Gasteiger partial charge in [0, 0.05) is 10.5 Å². The van der Waals surface area contributed by atoms with Crippen molar-refractivity contribution in [2.45, 2.75) is 74.1 Å². The van der Waals surface area contributed by atoms with Gasteiger partial charge in [0.15, 0.2) is 0 Å². The zero-order valence-corrected chi connectivity index (χ0v) is 11.3. The number of aliphatic hydroxyl groups excluding tert-OH is 2. The second kappa shape index (κ2) is 6.53. The fourth-order valence-electron chi connectivity index (χ4n) is 2.52. The lowest BCUT2D eigenvalue weighted by atomic mass is 9.97. The van der Waals surface area contributed by atoms with Crippen LogP contribution in [0.1, 0.15) is 51.4 Å². The maximum atomic E-state index is 9.87. The van der Waals surface area contributed by atoms with Crippen LogP contribution < -0.4 is 0 Å². The van der Waals surface area contributed by atoms with E-state index in [0.717, 1.165) is 25.7 Å². The lowest BCUT2D eigenvalue weighted by Crippen LogP contribution is -2.29. The summed E-state index contributed by atoms with van der Waals surface area (Å²) in [6.45, 7) is 0. The predicted octanol–water partition coefficient (Wildman–Crippen LogP) is 2.97. The topological polar surface area (TPSA) is 40.5 Å². The van der Waals surface area contributed by atoms with Crippen LogP contribution in [0.5, 0.6) is 0 Å². The first-order valence-corrected chi connectivity index (χ1v) is 8.73. The van der Waals surface area contributed by atoms with Gasteiger partial charge in [0.05, 0.1) is 12.2 Å². The van der Waals surface area contributed by atoms with Crippen molar-refractivity contribution in [2.75, 3.05) is 0 Å². The van der Waals surface area contributed by atoms with Crippen LogP contribution in [0, 0.1) is 0 Å². The molecule has 2 aliphatic carbocycles. The summed E-state index contributed by atoms with van der Waals surface area (Å²) in [4.78, 5) is 0. The molecule has 2 fully saturated rings. The Kier molecular flexibility index (Phi) is 5.33. The minimum Gasteiger partial charge on any atom is -0.392 e. The summed E-state index contributed by atoms with van der Waals surface area (Å²) in [6.07, 6.45) is 8.83. The smallest absolute Gasteiger partial charge is 0.0667 e. The summed E-state index contributed by atoms with van der Waals surface area (Å²) >= 11 is 0. The summed E-state index contributed by atoms with van der Waals surface area (Å²) in [5.41, 5.74) is 0. The van der Waals surface area contributed by atoms with Gasteiger partial charge in [0.1, 0.15) is 0 Å². The fraction of sp³-hybridized carbons (Fsp3) is 1.00. The summed E-state index contributed by atoms with van der Waals surface area (Å²) in [7, 11) is 3.64. The third-order valence-electron chi connectivity index (χ3n) is 3.64. The first-order chi connectivity index (χ1) is 7.77. The Balaban J connectivity index is 1.72. The molecule has 2 rings (SSSR count). The van der Waals surface area contributed by atoms with E-state index in [1.807, 2.05) is 21.6 Å². The highest BCUT2D eigenvalue weighted by atomic mass is 33.1. The van der Waals surface area contributed by atoms with Crippen LogP contribution >= 0.6 is 21.6 Å². The van der Waals surface area contributed by atoms with Crippen LogP contribution in [-0.2, 0) is 0 Å². The second-order valence-electron chi connectivity index (χ2n) is 4.97. The van der Waals surface area contributed by atoms with Gasteiger partial charge in [-0.1, -0.05) is 47.3 Å². The quantitative estimate of drug-likeness (QED) is 0.767. The molecule has 4 heteroatoms. The van der Waals surface area contributed by atoms with Gasteiger partial charge < -0.3 is 10.2 Å². The zero-order valence-electron chi connectivity index (χ0n) is 9.68. The molecule has 0 radical (unpaired) electrons. The zero-order chi connectivity index (χ0) is 11.4. The molecule has 0 aromatic rings. The molecule has 0 bridgehead atoms. The van der Waals surface area contributed by atoms with Crippen LogP contribution in [0.3, 0.4) is 0 Å². The molecular formula is C12H22O2S2. The van der Waals surface area contributed by atoms with Crippen molar-refractivity contribution in [1.29, 1.82) is 0 Å². The van der Waals surface area contributed by atoms with Gasteiger partial charge in [-0.15, -0.1) is 0 Å². The van der Waals surface area contributed by atoms with Crippen molar-refractivity contribution < 1.29 is 10.2 Å². The number of hydrogen-bond donors (Lipinski definition) is 2. The van der Waals surface area contributed by atoms with Crippen molar-refractivity contribution in [3.05, 3.63) is 0 Å². The molecule has 0 heterocycles. The van der Waals surface area contributed by atoms with Gasteiger partial charge in [0.25, 0.3) is 0 Å². The van der Waals surface area contributed by atoms with E-state index < -0.39 is 0 Å². The molecule has 0 aromatic carbocycles. The molecule has 16 heavy (non-hydrogen) atoms. The second-order valence-corrected chi connectivity index (χ2v) is 7.72. The monoisotopic (exact) mass is 262 g/mol. The molecule has 0 aliphatic heterocycles. The standard InChI is InChI=1S/C12H22O2S2/c13-9-5-1-3-7-11(9)15-16-12-8-4-2-6-10(12)14/h9-14H,1-8H2. The maximum absolute atomic E-state index is 9.87. The Morgan fingerprint density at radius 1 is 0.625 bits per heavy atom. The number of aliphatic hydroxyl groups is 2. The van der Waals surface area contributed by atoms with Crippen molar-refractivity contribution in [3.63, 3.8) is 0 Å². The van der Waals surface area contributed by atoms with Gasteiger partial charge >= 0.3 is 0 Å². The molecule has 4 unspecified atom stereocenters. The van der Waals surface area contributed by atoms with Gasteiger partial charge in [-0.3, -0.25) is 0 Å². The third-order valence-corrected chi connectivity index (χ3v) is 7.16. The molecule has 0 amide bonds. The van der Waals surface area contributed by atoms with Gasteiger partial charge in [-0.2, -0.15) is 0 Å². The Morgan fingerprint density at radius 2 is 1.00 bits per heavy atom. The highest BCUT2D eigenvalue weighted by molar-refractivity contribution is 8.77.